The van der Waals surface area contributed by atoms with Gasteiger partial charge in [-0.3, -0.25) is 0 Å². The lowest BCUT2D eigenvalue weighted by Crippen LogP contribution is -1.91. The molecule has 0 saturated carbocycles. The number of hydrogen-bond donors (Lipinski definition) is 0. The van der Waals surface area contributed by atoms with Crippen molar-refractivity contribution in [2.45, 2.75) is 18.5 Å². The lowest BCUT2D eigenvalue weighted by atomic mass is 9.96. The molecule has 0 aromatic heterocycles. The largest absolute Gasteiger partial charge is 0.133 e. The average Bonchev–Trinajstić information content (AvgIpc) is 2.60. The summed E-state index contributed by atoms with van der Waals surface area (Å²) in [6.07, 6.45) is 3.01. The second-order valence-corrected chi connectivity index (χ2v) is 6.68. The number of fused-ring (bicyclic) bond motifs is 1. The minimum atomic E-state index is 0.996. The molecule has 0 N–H and O–H groups in total. The molecule has 0 aliphatic heterocycles. The Hall–Kier alpha value is -0.790. The monoisotopic (exact) mass is 342 g/mol. The summed E-state index contributed by atoms with van der Waals surface area (Å²) in [5, 5.41) is 2.70. The van der Waals surface area contributed by atoms with Crippen LogP contribution in [0.5, 0.6) is 0 Å². The van der Waals surface area contributed by atoms with E-state index in [1.165, 1.54) is 38.6 Å². The number of hydrogen-bond acceptors (Lipinski definition) is 0. The van der Waals surface area contributed by atoms with Crippen molar-refractivity contribution in [1.82, 2.24) is 0 Å². The van der Waals surface area contributed by atoms with Gasteiger partial charge in [-0.1, -0.05) is 48.5 Å². The Morgan fingerprint density at radius 2 is 1.50 bits per heavy atom. The Labute approximate surface area is 139 Å². The third kappa shape index (κ3) is 3.12. The molecule has 112 valence electrons. The Morgan fingerprint density at radius 1 is 0.682 bits per heavy atom. The molecule has 22 heavy (non-hydrogen) atoms. The van der Waals surface area contributed by atoms with E-state index < -0.39 is 0 Å². The minimum Gasteiger partial charge on any atom is -0.133 e. The molecule has 0 radical (unpaired) electrons. The van der Waals surface area contributed by atoms with Crippen molar-refractivity contribution < 1.29 is 0 Å². The molecule has 3 unspecified atom stereocenters. The van der Waals surface area contributed by atoms with Crippen LogP contribution in [-0.4, -0.2) is 0 Å². The van der Waals surface area contributed by atoms with E-state index >= 15 is 0 Å². The molecule has 0 heterocycles. The van der Waals surface area contributed by atoms with Crippen LogP contribution in [-0.2, 0) is 18.5 Å². The van der Waals surface area contributed by atoms with Gasteiger partial charge in [0.15, 0.2) is 0 Å². The maximum absolute atomic E-state index is 2.87. The van der Waals surface area contributed by atoms with E-state index in [0.29, 0.717) is 0 Å². The Bertz CT molecular complexity index is 809. The lowest BCUT2D eigenvalue weighted by molar-refractivity contribution is 1.32. The zero-order valence-corrected chi connectivity index (χ0v) is 16.0. The molecule has 0 amide bonds. The van der Waals surface area contributed by atoms with Crippen molar-refractivity contribution in [2.75, 3.05) is 0 Å². The van der Waals surface area contributed by atoms with Crippen molar-refractivity contribution in [1.29, 1.82) is 0 Å². The summed E-state index contributed by atoms with van der Waals surface area (Å²) in [4.78, 5) is 0. The molecule has 0 aliphatic rings. The third-order valence-electron chi connectivity index (χ3n) is 4.15. The van der Waals surface area contributed by atoms with Gasteiger partial charge in [-0.25, -0.2) is 0 Å². The van der Waals surface area contributed by atoms with Gasteiger partial charge in [-0.15, -0.1) is 27.7 Å². The highest BCUT2D eigenvalue weighted by Crippen LogP contribution is 2.30. The third-order valence-corrected chi connectivity index (χ3v) is 5.47. The minimum absolute atomic E-state index is 0.996. The summed E-state index contributed by atoms with van der Waals surface area (Å²) in [7, 11) is 8.49. The van der Waals surface area contributed by atoms with Crippen molar-refractivity contribution in [3.05, 3.63) is 71.3 Å². The van der Waals surface area contributed by atoms with Gasteiger partial charge >= 0.3 is 0 Å². The molecule has 0 saturated heterocycles. The molecule has 0 fully saturated rings. The zero-order chi connectivity index (χ0) is 15.5. The van der Waals surface area contributed by atoms with Crippen LogP contribution in [0.2, 0.25) is 0 Å². The zero-order valence-electron chi connectivity index (χ0n) is 12.5. The topological polar surface area (TPSA) is 0 Å². The highest BCUT2D eigenvalue weighted by molar-refractivity contribution is 7.16. The van der Waals surface area contributed by atoms with Crippen LogP contribution in [0.25, 0.3) is 21.9 Å². The van der Waals surface area contributed by atoms with Crippen molar-refractivity contribution >= 4 is 38.5 Å². The summed E-state index contributed by atoms with van der Waals surface area (Å²) in [6, 6.07) is 20.1. The second kappa shape index (κ2) is 7.19. The standard InChI is InChI=1S/C19H21P3/c20-10-13-2-1-3-14(8-13)15-6-7-18-16(9-15)4-5-17(11-21)19(18)12-22/h1-9H,10-12,20-22H2. The van der Waals surface area contributed by atoms with Gasteiger partial charge in [-0.05, 0) is 63.1 Å². The van der Waals surface area contributed by atoms with Gasteiger partial charge in [0, 0.05) is 0 Å². The fourth-order valence-corrected chi connectivity index (χ4v) is 4.05. The van der Waals surface area contributed by atoms with Crippen LogP contribution in [0, 0.1) is 0 Å². The molecule has 3 atom stereocenters. The number of rotatable bonds is 4. The first-order valence-corrected chi connectivity index (χ1v) is 9.95. The van der Waals surface area contributed by atoms with Gasteiger partial charge in [0.2, 0.25) is 0 Å². The maximum atomic E-state index is 2.87. The predicted octanol–water partition coefficient (Wildman–Crippen LogP) is 5.63. The van der Waals surface area contributed by atoms with Gasteiger partial charge < -0.3 is 0 Å². The molecule has 0 spiro atoms. The summed E-state index contributed by atoms with van der Waals surface area (Å²) >= 11 is 0. The van der Waals surface area contributed by atoms with E-state index in [4.69, 9.17) is 0 Å². The first-order chi connectivity index (χ1) is 10.8. The highest BCUT2D eigenvalue weighted by Gasteiger charge is 2.07. The highest BCUT2D eigenvalue weighted by atomic mass is 31.0. The molecule has 0 nitrogen and oxygen atoms in total. The predicted molar refractivity (Wildman–Crippen MR) is 110 cm³/mol. The summed E-state index contributed by atoms with van der Waals surface area (Å²) < 4.78 is 0. The second-order valence-electron chi connectivity index (χ2n) is 5.45. The van der Waals surface area contributed by atoms with Crippen molar-refractivity contribution in [3.8, 4) is 11.1 Å². The molecule has 0 bridgehead atoms. The smallest absolute Gasteiger partial charge is 0.0119 e. The van der Waals surface area contributed by atoms with Crippen LogP contribution in [0.4, 0.5) is 0 Å². The summed E-state index contributed by atoms with van der Waals surface area (Å²) in [5.41, 5.74) is 6.81. The first-order valence-electron chi connectivity index (χ1n) is 7.51. The fourth-order valence-electron chi connectivity index (χ4n) is 2.93. The van der Waals surface area contributed by atoms with E-state index in [1.54, 1.807) is 0 Å². The Balaban J connectivity index is 2.14. The van der Waals surface area contributed by atoms with E-state index in [1.807, 2.05) is 0 Å². The molecule has 3 rings (SSSR count). The van der Waals surface area contributed by atoms with Gasteiger partial charge in [-0.2, -0.15) is 0 Å². The molecule has 3 aromatic carbocycles. The van der Waals surface area contributed by atoms with Crippen LogP contribution < -0.4 is 0 Å². The number of benzene rings is 3. The van der Waals surface area contributed by atoms with Gasteiger partial charge in [0.1, 0.15) is 0 Å². The van der Waals surface area contributed by atoms with Crippen molar-refractivity contribution in [3.63, 3.8) is 0 Å². The summed E-state index contributed by atoms with van der Waals surface area (Å²) in [5.74, 6) is 0. The SMILES string of the molecule is PCc1cccc(-c2ccc3c(CP)c(CP)ccc3c2)c1. The van der Waals surface area contributed by atoms with Crippen molar-refractivity contribution in [2.24, 2.45) is 0 Å². The Morgan fingerprint density at radius 3 is 2.23 bits per heavy atom. The lowest BCUT2D eigenvalue weighted by Gasteiger charge is -2.12. The van der Waals surface area contributed by atoms with Crippen LogP contribution in [0.15, 0.2) is 54.6 Å². The Kier molecular flexibility index (Phi) is 5.25. The fraction of sp³-hybridized carbons (Fsp3) is 0.158. The first kappa shape index (κ1) is 16.1. The maximum Gasteiger partial charge on any atom is -0.0119 e. The van der Waals surface area contributed by atoms with E-state index in [-0.39, 0.29) is 0 Å². The van der Waals surface area contributed by atoms with Gasteiger partial charge in [0.25, 0.3) is 0 Å². The van der Waals surface area contributed by atoms with Crippen LogP contribution in [0.3, 0.4) is 0 Å². The van der Waals surface area contributed by atoms with Gasteiger partial charge in [0.05, 0.1) is 0 Å². The molecular weight excluding hydrogens is 321 g/mol. The average molecular weight is 342 g/mol. The van der Waals surface area contributed by atoms with E-state index in [2.05, 4.69) is 82.3 Å². The normalized spacial score (nSPS) is 11.0. The van der Waals surface area contributed by atoms with Crippen LogP contribution in [0.1, 0.15) is 16.7 Å². The van der Waals surface area contributed by atoms with E-state index in [9.17, 15) is 0 Å². The molecule has 3 heteroatoms. The van der Waals surface area contributed by atoms with Crippen LogP contribution >= 0.6 is 27.7 Å². The summed E-state index contributed by atoms with van der Waals surface area (Å²) in [6.45, 7) is 0. The molecular formula is C19H21P3. The van der Waals surface area contributed by atoms with E-state index in [0.717, 1.165) is 18.5 Å². The quantitative estimate of drug-likeness (QED) is 0.539. The molecule has 0 aliphatic carbocycles. The molecule has 3 aromatic rings.